The average Bonchev–Trinajstić information content (AvgIpc) is 3.09. The summed E-state index contributed by atoms with van der Waals surface area (Å²) < 4.78 is 7.20. The number of aromatic nitrogens is 1. The zero-order chi connectivity index (χ0) is 19.4. The molecule has 6 nitrogen and oxygen atoms in total. The lowest BCUT2D eigenvalue weighted by Crippen LogP contribution is -2.40. The first-order valence-electron chi connectivity index (χ1n) is 9.19. The molecule has 1 fully saturated rings. The molecule has 1 aromatic carbocycles. The zero-order valence-electron chi connectivity index (χ0n) is 15.7. The summed E-state index contributed by atoms with van der Waals surface area (Å²) in [6, 6.07) is 10.5. The molecule has 0 spiro atoms. The van der Waals surface area contributed by atoms with Crippen LogP contribution in [0.1, 0.15) is 58.7 Å². The number of hydrogen-bond acceptors (Lipinski definition) is 4. The predicted octanol–water partition coefficient (Wildman–Crippen LogP) is 3.14. The minimum atomic E-state index is -0.993. The van der Waals surface area contributed by atoms with Gasteiger partial charge in [0.25, 0.3) is 5.91 Å². The minimum Gasteiger partial charge on any atom is -0.443 e. The quantitative estimate of drug-likeness (QED) is 0.601. The molecule has 1 aromatic heterocycles. The fraction of sp³-hybridized carbons (Fsp3) is 0.381. The number of carbonyl (C=O) groups excluding carboxylic acids is 3. The molecule has 2 aromatic rings. The molecule has 27 heavy (non-hydrogen) atoms. The molecule has 3 rings (SSSR count). The number of Topliss-reactive ketones (excluding diaryl/α,β-unsaturated/α-hetero) is 1. The molecule has 1 saturated heterocycles. The number of piperidine rings is 1. The summed E-state index contributed by atoms with van der Waals surface area (Å²) in [6.45, 7) is 2.80. The van der Waals surface area contributed by atoms with Crippen molar-refractivity contribution in [1.82, 2.24) is 9.47 Å². The Bertz CT molecular complexity index is 835. The number of aryl methyl sites for hydroxylation is 1. The summed E-state index contributed by atoms with van der Waals surface area (Å²) in [4.78, 5) is 39.1. The maximum Gasteiger partial charge on any atom is 0.356 e. The lowest BCUT2D eigenvalue weighted by atomic mass is 10.1. The van der Waals surface area contributed by atoms with E-state index in [2.05, 4.69) is 0 Å². The van der Waals surface area contributed by atoms with Gasteiger partial charge in [0, 0.05) is 37.5 Å². The molecule has 1 aliphatic rings. The van der Waals surface area contributed by atoms with Crippen molar-refractivity contribution in [3.8, 4) is 0 Å². The van der Waals surface area contributed by atoms with E-state index in [0.717, 1.165) is 19.3 Å². The van der Waals surface area contributed by atoms with Crippen LogP contribution < -0.4 is 0 Å². The van der Waals surface area contributed by atoms with Crippen molar-refractivity contribution in [3.63, 3.8) is 0 Å². The second-order valence-electron chi connectivity index (χ2n) is 6.86. The van der Waals surface area contributed by atoms with Gasteiger partial charge in [-0.3, -0.25) is 9.59 Å². The van der Waals surface area contributed by atoms with Crippen LogP contribution in [0.15, 0.2) is 42.6 Å². The van der Waals surface area contributed by atoms with Gasteiger partial charge in [-0.1, -0.05) is 30.3 Å². The number of esters is 1. The second-order valence-corrected chi connectivity index (χ2v) is 6.86. The first-order chi connectivity index (χ1) is 13.0. The van der Waals surface area contributed by atoms with E-state index in [4.69, 9.17) is 4.74 Å². The maximum atomic E-state index is 13.1. The predicted molar refractivity (Wildman–Crippen MR) is 100 cm³/mol. The van der Waals surface area contributed by atoms with Crippen LogP contribution in [-0.4, -0.2) is 40.2 Å². The minimum absolute atomic E-state index is 0.131. The summed E-state index contributed by atoms with van der Waals surface area (Å²) in [5.74, 6) is -0.951. The van der Waals surface area contributed by atoms with Crippen LogP contribution in [0, 0.1) is 0 Å². The van der Waals surface area contributed by atoms with Crippen LogP contribution in [0.3, 0.4) is 0 Å². The normalized spacial score (nSPS) is 15.3. The molecule has 6 heteroatoms. The van der Waals surface area contributed by atoms with Crippen molar-refractivity contribution in [1.29, 1.82) is 0 Å². The van der Waals surface area contributed by atoms with Crippen LogP contribution >= 0.6 is 0 Å². The number of ether oxygens (including phenoxy) is 1. The van der Waals surface area contributed by atoms with Crippen molar-refractivity contribution < 1.29 is 19.1 Å². The number of rotatable bonds is 5. The smallest absolute Gasteiger partial charge is 0.356 e. The standard InChI is InChI=1S/C21H24N2O4/c1-15(24)17-13-18(22(2)14-17)21(26)27-19(16-9-5-3-6-10-16)20(25)23-11-7-4-8-12-23/h3,5-6,9-10,13-14,19H,4,7-8,11-12H2,1-2H3. The summed E-state index contributed by atoms with van der Waals surface area (Å²) in [5, 5.41) is 0. The molecule has 1 unspecified atom stereocenters. The monoisotopic (exact) mass is 368 g/mol. The summed E-state index contributed by atoms with van der Waals surface area (Å²) >= 11 is 0. The second kappa shape index (κ2) is 8.20. The maximum absolute atomic E-state index is 13.1. The summed E-state index contributed by atoms with van der Waals surface area (Å²) in [6.07, 6.45) is 3.62. The van der Waals surface area contributed by atoms with Gasteiger partial charge < -0.3 is 14.2 Å². The van der Waals surface area contributed by atoms with Crippen LogP contribution in [0.25, 0.3) is 0 Å². The molecule has 1 aliphatic heterocycles. The van der Waals surface area contributed by atoms with Crippen molar-refractivity contribution in [3.05, 3.63) is 59.4 Å². The van der Waals surface area contributed by atoms with E-state index in [9.17, 15) is 14.4 Å². The van der Waals surface area contributed by atoms with Crippen LogP contribution in [0.5, 0.6) is 0 Å². The molecule has 0 N–H and O–H groups in total. The third-order valence-electron chi connectivity index (χ3n) is 4.84. The number of amides is 1. The molecular weight excluding hydrogens is 344 g/mol. The average molecular weight is 368 g/mol. The largest absolute Gasteiger partial charge is 0.443 e. The number of nitrogens with zero attached hydrogens (tertiary/aromatic N) is 2. The number of likely N-dealkylation sites (tertiary alicyclic amines) is 1. The van der Waals surface area contributed by atoms with Gasteiger partial charge in [0.1, 0.15) is 5.69 Å². The van der Waals surface area contributed by atoms with Gasteiger partial charge in [0.15, 0.2) is 5.78 Å². The molecule has 142 valence electrons. The van der Waals surface area contributed by atoms with Gasteiger partial charge in [0.05, 0.1) is 0 Å². The third kappa shape index (κ3) is 4.27. The lowest BCUT2D eigenvalue weighted by Gasteiger charge is -2.30. The van der Waals surface area contributed by atoms with Gasteiger partial charge in [-0.05, 0) is 32.3 Å². The van der Waals surface area contributed by atoms with Crippen molar-refractivity contribution in [2.24, 2.45) is 7.05 Å². The number of ketones is 1. The Balaban J connectivity index is 1.86. The molecule has 0 aliphatic carbocycles. The first kappa shape index (κ1) is 18.9. The highest BCUT2D eigenvalue weighted by atomic mass is 16.5. The molecule has 0 bridgehead atoms. The van der Waals surface area contributed by atoms with Crippen molar-refractivity contribution in [2.45, 2.75) is 32.3 Å². The summed E-state index contributed by atoms with van der Waals surface area (Å²) in [7, 11) is 1.67. The number of carbonyl (C=O) groups is 3. The molecule has 1 atom stereocenters. The molecule has 0 saturated carbocycles. The molecule has 0 radical (unpaired) electrons. The Labute approximate surface area is 158 Å². The van der Waals surface area contributed by atoms with Crippen molar-refractivity contribution in [2.75, 3.05) is 13.1 Å². The highest BCUT2D eigenvalue weighted by Crippen LogP contribution is 2.24. The lowest BCUT2D eigenvalue weighted by molar-refractivity contribution is -0.142. The zero-order valence-corrected chi connectivity index (χ0v) is 15.7. The van der Waals surface area contributed by atoms with Crippen LogP contribution in [-0.2, 0) is 16.6 Å². The SMILES string of the molecule is CC(=O)c1cc(C(=O)OC(C(=O)N2CCCCC2)c2ccccc2)n(C)c1. The van der Waals surface area contributed by atoms with E-state index < -0.39 is 12.1 Å². The molecule has 2 heterocycles. The molecular formula is C21H24N2O4. The van der Waals surface area contributed by atoms with E-state index in [-0.39, 0.29) is 17.4 Å². The Morgan fingerprint density at radius 3 is 2.30 bits per heavy atom. The van der Waals surface area contributed by atoms with E-state index in [0.29, 0.717) is 24.2 Å². The Morgan fingerprint density at radius 2 is 1.70 bits per heavy atom. The van der Waals surface area contributed by atoms with Gasteiger partial charge in [-0.15, -0.1) is 0 Å². The molecule has 1 amide bonds. The Morgan fingerprint density at radius 1 is 1.04 bits per heavy atom. The number of benzene rings is 1. The van der Waals surface area contributed by atoms with Crippen molar-refractivity contribution >= 4 is 17.7 Å². The van der Waals surface area contributed by atoms with E-state index in [1.807, 2.05) is 18.2 Å². The van der Waals surface area contributed by atoms with E-state index >= 15 is 0 Å². The van der Waals surface area contributed by atoms with Gasteiger partial charge in [0.2, 0.25) is 6.10 Å². The number of hydrogen-bond donors (Lipinski definition) is 0. The highest BCUT2D eigenvalue weighted by molar-refractivity contribution is 5.98. The van der Waals surface area contributed by atoms with E-state index in [1.54, 1.807) is 34.8 Å². The topological polar surface area (TPSA) is 68.6 Å². The highest BCUT2D eigenvalue weighted by Gasteiger charge is 2.31. The van der Waals surface area contributed by atoms with Gasteiger partial charge >= 0.3 is 5.97 Å². The Kier molecular flexibility index (Phi) is 5.74. The Hall–Kier alpha value is -2.89. The van der Waals surface area contributed by atoms with Gasteiger partial charge in [-0.25, -0.2) is 4.79 Å². The fourth-order valence-corrected chi connectivity index (χ4v) is 3.30. The first-order valence-corrected chi connectivity index (χ1v) is 9.19. The fourth-order valence-electron chi connectivity index (χ4n) is 3.30. The van der Waals surface area contributed by atoms with Gasteiger partial charge in [-0.2, -0.15) is 0 Å². The van der Waals surface area contributed by atoms with Crippen LogP contribution in [0.4, 0.5) is 0 Å². The third-order valence-corrected chi connectivity index (χ3v) is 4.84. The van der Waals surface area contributed by atoms with Crippen LogP contribution in [0.2, 0.25) is 0 Å². The van der Waals surface area contributed by atoms with E-state index in [1.165, 1.54) is 13.0 Å². The summed E-state index contributed by atoms with van der Waals surface area (Å²) in [5.41, 5.74) is 1.32.